The van der Waals surface area contributed by atoms with Crippen LogP contribution in [0.1, 0.15) is 5.56 Å². The first kappa shape index (κ1) is 22.6. The fraction of sp³-hybridized carbons (Fsp3) is 0.0800. The number of aryl methyl sites for hydroxylation is 1. The normalized spacial score (nSPS) is 11.2. The maximum absolute atomic E-state index is 12.7. The summed E-state index contributed by atoms with van der Waals surface area (Å²) in [7, 11) is -3.79. The minimum Gasteiger partial charge on any atom is -0.483 e. The van der Waals surface area contributed by atoms with E-state index in [1.165, 1.54) is 18.2 Å². The van der Waals surface area contributed by atoms with Gasteiger partial charge in [0.15, 0.2) is 6.61 Å². The monoisotopic (exact) mass is 480 g/mol. The quantitative estimate of drug-likeness (QED) is 0.359. The maximum Gasteiger partial charge on any atom is 0.262 e. The fourth-order valence-electron chi connectivity index (χ4n) is 3.35. The van der Waals surface area contributed by atoms with Crippen molar-refractivity contribution >= 4 is 49.7 Å². The van der Waals surface area contributed by atoms with E-state index in [1.807, 2.05) is 42.5 Å². The van der Waals surface area contributed by atoms with Gasteiger partial charge in [0.1, 0.15) is 5.75 Å². The van der Waals surface area contributed by atoms with Crippen molar-refractivity contribution in [1.82, 2.24) is 0 Å². The first-order valence-electron chi connectivity index (χ1n) is 10.1. The van der Waals surface area contributed by atoms with Crippen LogP contribution in [-0.4, -0.2) is 20.9 Å². The number of hydrogen-bond acceptors (Lipinski definition) is 4. The molecule has 4 aromatic carbocycles. The van der Waals surface area contributed by atoms with Gasteiger partial charge in [-0.3, -0.25) is 9.52 Å². The first-order chi connectivity index (χ1) is 15.8. The van der Waals surface area contributed by atoms with E-state index in [4.69, 9.17) is 16.3 Å². The van der Waals surface area contributed by atoms with Crippen LogP contribution in [0.25, 0.3) is 10.8 Å². The third kappa shape index (κ3) is 5.45. The Hall–Kier alpha value is -3.55. The van der Waals surface area contributed by atoms with Gasteiger partial charge in [0.2, 0.25) is 0 Å². The van der Waals surface area contributed by atoms with Gasteiger partial charge in [-0.25, -0.2) is 8.42 Å². The van der Waals surface area contributed by atoms with Gasteiger partial charge in [0.05, 0.1) is 4.90 Å². The second-order valence-corrected chi connectivity index (χ2v) is 9.52. The van der Waals surface area contributed by atoms with Crippen LogP contribution in [0, 0.1) is 6.92 Å². The van der Waals surface area contributed by atoms with Crippen molar-refractivity contribution in [3.05, 3.63) is 95.5 Å². The SMILES string of the molecule is Cc1cc(S(=O)(=O)Nc2ccc(Cl)cc2)ccc1OCC(=O)Nc1cccc2ccccc12. The summed E-state index contributed by atoms with van der Waals surface area (Å²) in [5.41, 5.74) is 1.70. The van der Waals surface area contributed by atoms with Crippen LogP contribution in [-0.2, 0) is 14.8 Å². The lowest BCUT2D eigenvalue weighted by molar-refractivity contribution is -0.118. The van der Waals surface area contributed by atoms with Gasteiger partial charge >= 0.3 is 0 Å². The number of fused-ring (bicyclic) bond motifs is 1. The standard InChI is InChI=1S/C25H21ClN2O4S/c1-17-15-21(33(30,31)28-20-11-9-19(26)10-12-20)13-14-24(17)32-16-25(29)27-23-8-4-6-18-5-2-3-7-22(18)23/h2-15,28H,16H2,1H3,(H,27,29). The van der Waals surface area contributed by atoms with E-state index in [9.17, 15) is 13.2 Å². The largest absolute Gasteiger partial charge is 0.483 e. The molecule has 2 N–H and O–H groups in total. The second-order valence-electron chi connectivity index (χ2n) is 7.40. The molecule has 0 spiro atoms. The number of benzene rings is 4. The predicted molar refractivity (Wildman–Crippen MR) is 132 cm³/mol. The molecule has 0 unspecified atom stereocenters. The van der Waals surface area contributed by atoms with Crippen molar-refractivity contribution in [3.8, 4) is 5.75 Å². The van der Waals surface area contributed by atoms with Gasteiger partial charge < -0.3 is 10.1 Å². The highest BCUT2D eigenvalue weighted by Gasteiger charge is 2.16. The molecule has 0 heterocycles. The summed E-state index contributed by atoms with van der Waals surface area (Å²) in [5.74, 6) is 0.111. The van der Waals surface area contributed by atoms with Gasteiger partial charge in [-0.2, -0.15) is 0 Å². The summed E-state index contributed by atoms with van der Waals surface area (Å²) in [6, 6.07) is 24.3. The topological polar surface area (TPSA) is 84.5 Å². The minimum absolute atomic E-state index is 0.0857. The molecule has 0 saturated heterocycles. The molecule has 0 radical (unpaired) electrons. The molecular formula is C25H21ClN2O4S. The Morgan fingerprint density at radius 2 is 1.67 bits per heavy atom. The molecule has 6 nitrogen and oxygen atoms in total. The Kier molecular flexibility index (Phi) is 6.53. The number of carbonyl (C=O) groups excluding carboxylic acids is 1. The average molecular weight is 481 g/mol. The molecule has 0 aliphatic carbocycles. The summed E-state index contributed by atoms with van der Waals surface area (Å²) in [4.78, 5) is 12.5. The molecule has 0 fully saturated rings. The summed E-state index contributed by atoms with van der Waals surface area (Å²) in [5, 5.41) is 5.34. The van der Waals surface area contributed by atoms with Gasteiger partial charge in [0, 0.05) is 21.8 Å². The zero-order valence-electron chi connectivity index (χ0n) is 17.7. The number of nitrogens with one attached hydrogen (secondary N) is 2. The Morgan fingerprint density at radius 3 is 2.42 bits per heavy atom. The fourth-order valence-corrected chi connectivity index (χ4v) is 4.62. The van der Waals surface area contributed by atoms with Crippen LogP contribution in [0.15, 0.2) is 89.8 Å². The Labute approximate surface area is 197 Å². The zero-order chi connectivity index (χ0) is 23.4. The second kappa shape index (κ2) is 9.52. The van der Waals surface area contributed by atoms with E-state index in [1.54, 1.807) is 31.2 Å². The van der Waals surface area contributed by atoms with E-state index in [0.717, 1.165) is 10.8 Å². The molecule has 4 aromatic rings. The van der Waals surface area contributed by atoms with Crippen molar-refractivity contribution in [2.75, 3.05) is 16.6 Å². The molecule has 0 aliphatic rings. The smallest absolute Gasteiger partial charge is 0.262 e. The highest BCUT2D eigenvalue weighted by atomic mass is 35.5. The predicted octanol–water partition coefficient (Wildman–Crippen LogP) is 5.62. The van der Waals surface area contributed by atoms with Gasteiger partial charge in [-0.05, 0) is 66.4 Å². The van der Waals surface area contributed by atoms with Gasteiger partial charge in [0.25, 0.3) is 15.9 Å². The molecule has 4 rings (SSSR count). The molecule has 1 amide bonds. The Bertz CT molecular complexity index is 1420. The molecule has 8 heteroatoms. The van der Waals surface area contributed by atoms with E-state index in [0.29, 0.717) is 27.7 Å². The molecular weight excluding hydrogens is 460 g/mol. The van der Waals surface area contributed by atoms with E-state index in [-0.39, 0.29) is 17.4 Å². The van der Waals surface area contributed by atoms with E-state index < -0.39 is 10.0 Å². The van der Waals surface area contributed by atoms with Crippen molar-refractivity contribution in [1.29, 1.82) is 0 Å². The van der Waals surface area contributed by atoms with Crippen LogP contribution in [0.4, 0.5) is 11.4 Å². The molecule has 168 valence electrons. The molecule has 0 atom stereocenters. The maximum atomic E-state index is 12.7. The van der Waals surface area contributed by atoms with Crippen LogP contribution in [0.3, 0.4) is 0 Å². The number of ether oxygens (including phenoxy) is 1. The number of amides is 1. The lowest BCUT2D eigenvalue weighted by Crippen LogP contribution is -2.20. The minimum atomic E-state index is -3.79. The summed E-state index contributed by atoms with van der Waals surface area (Å²) in [6.45, 7) is 1.51. The number of hydrogen-bond donors (Lipinski definition) is 2. The Morgan fingerprint density at radius 1 is 0.939 bits per heavy atom. The summed E-state index contributed by atoms with van der Waals surface area (Å²) >= 11 is 5.84. The highest BCUT2D eigenvalue weighted by molar-refractivity contribution is 7.92. The van der Waals surface area contributed by atoms with E-state index in [2.05, 4.69) is 10.0 Å². The number of carbonyl (C=O) groups is 1. The third-order valence-corrected chi connectivity index (χ3v) is 6.61. The molecule has 0 saturated carbocycles. The lowest BCUT2D eigenvalue weighted by Gasteiger charge is -2.13. The van der Waals surface area contributed by atoms with Crippen molar-refractivity contribution < 1.29 is 17.9 Å². The van der Waals surface area contributed by atoms with Crippen molar-refractivity contribution in [2.45, 2.75) is 11.8 Å². The molecule has 33 heavy (non-hydrogen) atoms. The van der Waals surface area contributed by atoms with Gasteiger partial charge in [-0.1, -0.05) is 48.0 Å². The summed E-state index contributed by atoms with van der Waals surface area (Å²) in [6.07, 6.45) is 0. The van der Waals surface area contributed by atoms with E-state index >= 15 is 0 Å². The number of halogens is 1. The van der Waals surface area contributed by atoms with Crippen LogP contribution in [0.2, 0.25) is 5.02 Å². The van der Waals surface area contributed by atoms with Crippen LogP contribution in [0.5, 0.6) is 5.75 Å². The number of rotatable bonds is 7. The molecule has 0 aromatic heterocycles. The third-order valence-electron chi connectivity index (χ3n) is 4.98. The Balaban J connectivity index is 1.42. The summed E-state index contributed by atoms with van der Waals surface area (Å²) < 4.78 is 33.5. The van der Waals surface area contributed by atoms with Crippen molar-refractivity contribution in [3.63, 3.8) is 0 Å². The number of sulfonamides is 1. The molecule has 0 aliphatic heterocycles. The van der Waals surface area contributed by atoms with Crippen molar-refractivity contribution in [2.24, 2.45) is 0 Å². The van der Waals surface area contributed by atoms with Gasteiger partial charge in [-0.15, -0.1) is 0 Å². The lowest BCUT2D eigenvalue weighted by atomic mass is 10.1. The zero-order valence-corrected chi connectivity index (χ0v) is 19.3. The molecule has 0 bridgehead atoms. The highest BCUT2D eigenvalue weighted by Crippen LogP contribution is 2.25. The van der Waals surface area contributed by atoms with Crippen LogP contribution < -0.4 is 14.8 Å². The first-order valence-corrected chi connectivity index (χ1v) is 12.0. The average Bonchev–Trinajstić information content (AvgIpc) is 2.80. The van der Waals surface area contributed by atoms with Crippen LogP contribution >= 0.6 is 11.6 Å². The number of anilines is 2.